The van der Waals surface area contributed by atoms with E-state index in [1.165, 1.54) is 32.9 Å². The Morgan fingerprint density at radius 2 is 1.79 bits per heavy atom. The maximum atomic E-state index is 13.9. The van der Waals surface area contributed by atoms with Gasteiger partial charge in [0.05, 0.1) is 12.5 Å². The normalized spacial score (nSPS) is 11.8. The summed E-state index contributed by atoms with van der Waals surface area (Å²) in [5, 5.41) is 8.49. The van der Waals surface area contributed by atoms with Crippen LogP contribution < -0.4 is 0 Å². The van der Waals surface area contributed by atoms with Crippen LogP contribution in [0.1, 0.15) is 31.9 Å². The van der Waals surface area contributed by atoms with Crippen LogP contribution in [-0.2, 0) is 21.9 Å². The first kappa shape index (κ1) is 15.1. The van der Waals surface area contributed by atoms with E-state index in [0.29, 0.717) is 5.56 Å². The maximum absolute atomic E-state index is 13.9. The highest BCUT2D eigenvalue weighted by atomic mass is 19.3. The van der Waals surface area contributed by atoms with Crippen LogP contribution in [0.4, 0.5) is 8.78 Å². The summed E-state index contributed by atoms with van der Waals surface area (Å²) in [6.45, 7) is 4.57. The van der Waals surface area contributed by atoms with Gasteiger partial charge < -0.3 is 4.74 Å². The summed E-state index contributed by atoms with van der Waals surface area (Å²) in [5.41, 5.74) is -0.795. The number of esters is 1. The second kappa shape index (κ2) is 5.35. The minimum atomic E-state index is -3.70. The number of halogens is 2. The summed E-state index contributed by atoms with van der Waals surface area (Å²) < 4.78 is 32.4. The number of alkyl halides is 2. The molecule has 5 heteroatoms. The van der Waals surface area contributed by atoms with Gasteiger partial charge >= 0.3 is 11.9 Å². The highest BCUT2D eigenvalue weighted by Gasteiger charge is 2.44. The third kappa shape index (κ3) is 4.02. The summed E-state index contributed by atoms with van der Waals surface area (Å²) >= 11 is 0. The number of nitrogens with zero attached hydrogens (tertiary/aromatic N) is 1. The lowest BCUT2D eigenvalue weighted by atomic mass is 10.0. The molecule has 0 saturated carbocycles. The first-order valence-corrected chi connectivity index (χ1v) is 5.74. The molecule has 102 valence electrons. The van der Waals surface area contributed by atoms with Gasteiger partial charge in [-0.25, -0.2) is 4.79 Å². The van der Waals surface area contributed by atoms with Crippen molar-refractivity contribution in [1.82, 2.24) is 0 Å². The zero-order chi connectivity index (χ0) is 14.7. The molecule has 0 aliphatic rings. The quantitative estimate of drug-likeness (QED) is 0.790. The van der Waals surface area contributed by atoms with E-state index in [-0.39, 0.29) is 6.42 Å². The van der Waals surface area contributed by atoms with Crippen LogP contribution in [-0.4, -0.2) is 11.6 Å². The van der Waals surface area contributed by atoms with E-state index < -0.39 is 23.1 Å². The molecule has 0 unspecified atom stereocenters. The van der Waals surface area contributed by atoms with Gasteiger partial charge in [-0.1, -0.05) is 24.3 Å². The monoisotopic (exact) mass is 267 g/mol. The third-order valence-electron chi connectivity index (χ3n) is 2.25. The third-order valence-corrected chi connectivity index (χ3v) is 2.25. The Balaban J connectivity index is 2.93. The average molecular weight is 267 g/mol. The fourth-order valence-corrected chi connectivity index (χ4v) is 1.38. The number of carbonyl (C=O) groups excluding carboxylic acids is 1. The molecule has 1 aromatic rings. The number of ether oxygens (including phenoxy) is 1. The molecule has 0 aliphatic heterocycles. The predicted molar refractivity (Wildman–Crippen MR) is 65.5 cm³/mol. The molecule has 0 heterocycles. The molecule has 0 bridgehead atoms. The molecule has 19 heavy (non-hydrogen) atoms. The Kier molecular flexibility index (Phi) is 4.25. The van der Waals surface area contributed by atoms with Crippen molar-refractivity contribution in [3.63, 3.8) is 0 Å². The van der Waals surface area contributed by atoms with Gasteiger partial charge in [0.15, 0.2) is 0 Å². The summed E-state index contributed by atoms with van der Waals surface area (Å²) in [4.78, 5) is 11.5. The molecule has 1 rings (SSSR count). The number of benzene rings is 1. The average Bonchev–Trinajstić information content (AvgIpc) is 2.28. The first-order valence-electron chi connectivity index (χ1n) is 5.74. The topological polar surface area (TPSA) is 50.1 Å². The van der Waals surface area contributed by atoms with Crippen molar-refractivity contribution in [3.05, 3.63) is 35.4 Å². The van der Waals surface area contributed by atoms with Gasteiger partial charge in [-0.15, -0.1) is 0 Å². The summed E-state index contributed by atoms with van der Waals surface area (Å²) in [6, 6.07) is 6.99. The van der Waals surface area contributed by atoms with Gasteiger partial charge in [-0.3, -0.25) is 0 Å². The summed E-state index contributed by atoms with van der Waals surface area (Å²) in [6.07, 6.45) is 0.137. The smallest absolute Gasteiger partial charge is 0.382 e. The Labute approximate surface area is 110 Å². The molecule has 0 aromatic heterocycles. The zero-order valence-electron chi connectivity index (χ0n) is 11.0. The largest absolute Gasteiger partial charge is 0.455 e. The van der Waals surface area contributed by atoms with Gasteiger partial charge in [0, 0.05) is 5.56 Å². The lowest BCUT2D eigenvalue weighted by Gasteiger charge is -2.23. The minimum Gasteiger partial charge on any atom is -0.455 e. The predicted octanol–water partition coefficient (Wildman–Crippen LogP) is 3.19. The maximum Gasteiger partial charge on any atom is 0.382 e. The van der Waals surface area contributed by atoms with Crippen molar-refractivity contribution < 1.29 is 18.3 Å². The molecule has 0 N–H and O–H groups in total. The fourth-order valence-electron chi connectivity index (χ4n) is 1.38. The van der Waals surface area contributed by atoms with E-state index in [9.17, 15) is 13.6 Å². The number of hydrogen-bond acceptors (Lipinski definition) is 3. The van der Waals surface area contributed by atoms with Gasteiger partial charge in [0.25, 0.3) is 0 Å². The number of carbonyl (C=O) groups is 1. The summed E-state index contributed by atoms with van der Waals surface area (Å²) in [5.74, 6) is -5.27. The van der Waals surface area contributed by atoms with Crippen LogP contribution >= 0.6 is 0 Å². The van der Waals surface area contributed by atoms with Crippen molar-refractivity contribution in [2.24, 2.45) is 0 Å². The Morgan fingerprint density at radius 1 is 1.26 bits per heavy atom. The molecule has 0 spiro atoms. The van der Waals surface area contributed by atoms with Crippen LogP contribution in [0.15, 0.2) is 24.3 Å². The Hall–Kier alpha value is -1.96. The van der Waals surface area contributed by atoms with Crippen LogP contribution in [0.2, 0.25) is 0 Å². The highest BCUT2D eigenvalue weighted by Crippen LogP contribution is 2.31. The first-order chi connectivity index (χ1) is 8.66. The van der Waals surface area contributed by atoms with Crippen LogP contribution in [0.25, 0.3) is 0 Å². The van der Waals surface area contributed by atoms with Crippen LogP contribution in [0.5, 0.6) is 0 Å². The van der Waals surface area contributed by atoms with Crippen LogP contribution in [0.3, 0.4) is 0 Å². The van der Waals surface area contributed by atoms with E-state index in [1.807, 2.05) is 6.07 Å². The standard InChI is InChI=1S/C14H15F2NO2/c1-13(2,3)19-12(18)14(15,16)11-6-4-10(5-7-11)8-9-17/h4-7H,8H2,1-3H3. The summed E-state index contributed by atoms with van der Waals surface area (Å²) in [7, 11) is 0. The second-order valence-corrected chi connectivity index (χ2v) is 5.11. The van der Waals surface area contributed by atoms with E-state index in [4.69, 9.17) is 10.00 Å². The molecule has 3 nitrogen and oxygen atoms in total. The van der Waals surface area contributed by atoms with Gasteiger partial charge in [0.2, 0.25) is 0 Å². The van der Waals surface area contributed by atoms with E-state index in [0.717, 1.165) is 12.1 Å². The lowest BCUT2D eigenvalue weighted by molar-refractivity contribution is -0.185. The second-order valence-electron chi connectivity index (χ2n) is 5.11. The van der Waals surface area contributed by atoms with Crippen molar-refractivity contribution in [2.75, 3.05) is 0 Å². The molecule has 0 amide bonds. The molecule has 0 radical (unpaired) electrons. The highest BCUT2D eigenvalue weighted by molar-refractivity contribution is 5.79. The molecule has 0 aliphatic carbocycles. The molecule has 0 atom stereocenters. The SMILES string of the molecule is CC(C)(C)OC(=O)C(F)(F)c1ccc(CC#N)cc1. The molecular weight excluding hydrogens is 252 g/mol. The molecule has 0 saturated heterocycles. The van der Waals surface area contributed by atoms with Crippen molar-refractivity contribution in [3.8, 4) is 6.07 Å². The molecule has 1 aromatic carbocycles. The molecular formula is C14H15F2NO2. The van der Waals surface area contributed by atoms with Gasteiger partial charge in [0.1, 0.15) is 5.60 Å². The number of nitriles is 1. The van der Waals surface area contributed by atoms with E-state index >= 15 is 0 Å². The van der Waals surface area contributed by atoms with Gasteiger partial charge in [-0.2, -0.15) is 14.0 Å². The van der Waals surface area contributed by atoms with Gasteiger partial charge in [-0.05, 0) is 26.3 Å². The Morgan fingerprint density at radius 3 is 2.21 bits per heavy atom. The Bertz CT molecular complexity index is 496. The van der Waals surface area contributed by atoms with Crippen molar-refractivity contribution in [1.29, 1.82) is 5.26 Å². The zero-order valence-corrected chi connectivity index (χ0v) is 11.0. The van der Waals surface area contributed by atoms with Crippen molar-refractivity contribution in [2.45, 2.75) is 38.7 Å². The van der Waals surface area contributed by atoms with E-state index in [2.05, 4.69) is 0 Å². The lowest BCUT2D eigenvalue weighted by Crippen LogP contribution is -2.34. The number of rotatable bonds is 3. The number of hydrogen-bond donors (Lipinski definition) is 0. The van der Waals surface area contributed by atoms with Crippen LogP contribution in [0, 0.1) is 11.3 Å². The molecule has 0 fully saturated rings. The van der Waals surface area contributed by atoms with E-state index in [1.54, 1.807) is 0 Å². The van der Waals surface area contributed by atoms with Crippen molar-refractivity contribution >= 4 is 5.97 Å². The fraction of sp³-hybridized carbons (Fsp3) is 0.429. The minimum absolute atomic E-state index is 0.137.